The summed E-state index contributed by atoms with van der Waals surface area (Å²) >= 11 is 13.4. The molecule has 0 saturated heterocycles. The highest BCUT2D eigenvalue weighted by Gasteiger charge is 2.20. The highest BCUT2D eigenvalue weighted by atomic mass is 35.5. The molecule has 0 saturated carbocycles. The van der Waals surface area contributed by atoms with E-state index in [0.717, 1.165) is 11.3 Å². The summed E-state index contributed by atoms with van der Waals surface area (Å²) in [5.74, 6) is 1.35. The number of thioether (sulfide) groups is 1. The van der Waals surface area contributed by atoms with Gasteiger partial charge >= 0.3 is 0 Å². The molecule has 2 aromatic carbocycles. The second kappa shape index (κ2) is 10.9. The number of allylic oxidation sites excluding steroid dienone is 1. The maximum absolute atomic E-state index is 12.4. The largest absolute Gasteiger partial charge is 0.482 e. The van der Waals surface area contributed by atoms with Crippen molar-refractivity contribution in [1.82, 2.24) is 14.8 Å². The third-order valence-corrected chi connectivity index (χ3v) is 6.12. The first-order chi connectivity index (χ1) is 15.3. The number of hydrogen-bond acceptors (Lipinski definition) is 5. The molecule has 1 N–H and O–H groups in total. The van der Waals surface area contributed by atoms with Gasteiger partial charge in [-0.3, -0.25) is 9.36 Å². The van der Waals surface area contributed by atoms with Crippen molar-refractivity contribution in [1.29, 1.82) is 0 Å². The number of amides is 1. The Hall–Kier alpha value is -2.48. The summed E-state index contributed by atoms with van der Waals surface area (Å²) in [6, 6.07) is 10.9. The Morgan fingerprint density at radius 3 is 2.75 bits per heavy atom. The number of ether oxygens (including phenoxy) is 1. The molecule has 0 aliphatic carbocycles. The predicted molar refractivity (Wildman–Crippen MR) is 131 cm³/mol. The van der Waals surface area contributed by atoms with Gasteiger partial charge in [-0.2, -0.15) is 0 Å². The van der Waals surface area contributed by atoms with Crippen LogP contribution in [0.2, 0.25) is 10.0 Å². The number of benzene rings is 2. The van der Waals surface area contributed by atoms with Crippen LogP contribution in [0.15, 0.2) is 54.2 Å². The number of nitrogens with zero attached hydrogens (tertiary/aromatic N) is 3. The minimum absolute atomic E-state index is 0.129. The van der Waals surface area contributed by atoms with Crippen molar-refractivity contribution in [2.24, 2.45) is 0 Å². The van der Waals surface area contributed by atoms with E-state index in [4.69, 9.17) is 27.9 Å². The fraction of sp³-hybridized carbons (Fsp3) is 0.261. The van der Waals surface area contributed by atoms with Gasteiger partial charge in [-0.15, -0.1) is 16.8 Å². The lowest BCUT2D eigenvalue weighted by Gasteiger charge is -2.17. The first-order valence-electron chi connectivity index (χ1n) is 9.94. The Kier molecular flexibility index (Phi) is 8.23. The van der Waals surface area contributed by atoms with Crippen LogP contribution in [0.4, 0.5) is 5.69 Å². The molecule has 0 bridgehead atoms. The summed E-state index contributed by atoms with van der Waals surface area (Å²) in [7, 11) is 0. The summed E-state index contributed by atoms with van der Waals surface area (Å²) in [6.07, 6.45) is 1.42. The van der Waals surface area contributed by atoms with Crippen LogP contribution in [-0.2, 0) is 11.3 Å². The molecule has 0 spiro atoms. The number of nitrogens with one attached hydrogen (secondary N) is 1. The van der Waals surface area contributed by atoms with Crippen molar-refractivity contribution in [2.75, 3.05) is 11.1 Å². The second-order valence-corrected chi connectivity index (χ2v) is 9.02. The quantitative estimate of drug-likeness (QED) is 0.283. The summed E-state index contributed by atoms with van der Waals surface area (Å²) in [6.45, 7) is 10.3. The molecule has 1 unspecified atom stereocenters. The summed E-state index contributed by atoms with van der Waals surface area (Å²) in [5, 5.41) is 12.9. The number of halogens is 2. The Labute approximate surface area is 202 Å². The molecule has 0 fully saturated rings. The number of carbonyl (C=O) groups excluding carboxylic acids is 1. The van der Waals surface area contributed by atoms with Crippen LogP contribution in [0, 0.1) is 13.8 Å². The van der Waals surface area contributed by atoms with Crippen molar-refractivity contribution in [3.8, 4) is 5.75 Å². The van der Waals surface area contributed by atoms with Crippen molar-refractivity contribution < 1.29 is 9.53 Å². The molecule has 6 nitrogen and oxygen atoms in total. The Bertz CT molecular complexity index is 1130. The average Bonchev–Trinajstić information content (AvgIpc) is 3.14. The van der Waals surface area contributed by atoms with Gasteiger partial charge in [0.2, 0.25) is 5.91 Å². The fourth-order valence-electron chi connectivity index (χ4n) is 3.09. The van der Waals surface area contributed by atoms with Crippen molar-refractivity contribution in [3.63, 3.8) is 0 Å². The average molecular weight is 491 g/mol. The van der Waals surface area contributed by atoms with Crippen LogP contribution in [0.1, 0.15) is 30.0 Å². The zero-order valence-corrected chi connectivity index (χ0v) is 20.4. The van der Waals surface area contributed by atoms with Gasteiger partial charge in [0.25, 0.3) is 0 Å². The number of aromatic nitrogens is 3. The van der Waals surface area contributed by atoms with E-state index in [1.54, 1.807) is 24.3 Å². The van der Waals surface area contributed by atoms with E-state index in [1.807, 2.05) is 37.5 Å². The topological polar surface area (TPSA) is 69.0 Å². The van der Waals surface area contributed by atoms with Crippen molar-refractivity contribution >= 4 is 46.6 Å². The van der Waals surface area contributed by atoms with E-state index >= 15 is 0 Å². The van der Waals surface area contributed by atoms with E-state index in [9.17, 15) is 4.79 Å². The van der Waals surface area contributed by atoms with Crippen molar-refractivity contribution in [3.05, 3.63) is 76.0 Å². The standard InChI is InChI=1S/C23H24Cl2N4O2S/c1-5-10-29-22(16(4)31-20-9-6-14(2)11-15(20)3)27-28-23(29)32-13-21(30)26-19-12-17(24)7-8-18(19)25/h5-9,11-12,16H,1,10,13H2,2-4H3,(H,26,30). The van der Waals surface area contributed by atoms with Crippen LogP contribution in [0.5, 0.6) is 5.75 Å². The fourth-order valence-corrected chi connectivity index (χ4v) is 4.18. The molecule has 1 heterocycles. The van der Waals surface area contributed by atoms with Gasteiger partial charge in [0, 0.05) is 11.6 Å². The van der Waals surface area contributed by atoms with Crippen LogP contribution < -0.4 is 10.1 Å². The van der Waals surface area contributed by atoms with Gasteiger partial charge in [-0.05, 0) is 50.6 Å². The van der Waals surface area contributed by atoms with Crippen LogP contribution in [0.3, 0.4) is 0 Å². The van der Waals surface area contributed by atoms with Gasteiger partial charge in [0.05, 0.1) is 16.5 Å². The van der Waals surface area contributed by atoms with E-state index in [-0.39, 0.29) is 17.8 Å². The third-order valence-electron chi connectivity index (χ3n) is 4.59. The van der Waals surface area contributed by atoms with Crippen LogP contribution in [0.25, 0.3) is 0 Å². The summed E-state index contributed by atoms with van der Waals surface area (Å²) in [5.41, 5.74) is 2.69. The summed E-state index contributed by atoms with van der Waals surface area (Å²) < 4.78 is 8.04. The minimum atomic E-state index is -0.336. The number of rotatable bonds is 9. The maximum Gasteiger partial charge on any atom is 0.234 e. The molecule has 0 radical (unpaired) electrons. The predicted octanol–water partition coefficient (Wildman–Crippen LogP) is 6.26. The monoisotopic (exact) mass is 490 g/mol. The molecule has 32 heavy (non-hydrogen) atoms. The SMILES string of the molecule is C=CCn1c(SCC(=O)Nc2cc(Cl)ccc2Cl)nnc1C(C)Oc1ccc(C)cc1C. The first-order valence-corrected chi connectivity index (χ1v) is 11.7. The van der Waals surface area contributed by atoms with Gasteiger partial charge in [0.1, 0.15) is 5.75 Å². The zero-order valence-electron chi connectivity index (χ0n) is 18.1. The molecule has 9 heteroatoms. The van der Waals surface area contributed by atoms with Gasteiger partial charge < -0.3 is 10.1 Å². The first kappa shape index (κ1) is 24.2. The molecular weight excluding hydrogens is 467 g/mol. The van der Waals surface area contributed by atoms with Gasteiger partial charge in [-0.1, -0.05) is 58.7 Å². The second-order valence-electron chi connectivity index (χ2n) is 7.23. The molecule has 0 aliphatic heterocycles. The smallest absolute Gasteiger partial charge is 0.234 e. The van der Waals surface area contributed by atoms with E-state index in [2.05, 4.69) is 28.2 Å². The number of aryl methyl sites for hydroxylation is 2. The Balaban J connectivity index is 1.70. The molecule has 1 amide bonds. The number of hydrogen-bond donors (Lipinski definition) is 1. The lowest BCUT2D eigenvalue weighted by atomic mass is 10.1. The lowest BCUT2D eigenvalue weighted by molar-refractivity contribution is -0.113. The number of carbonyl (C=O) groups is 1. The molecule has 168 valence electrons. The van der Waals surface area contributed by atoms with Gasteiger partial charge in [-0.25, -0.2) is 0 Å². The lowest BCUT2D eigenvalue weighted by Crippen LogP contribution is -2.16. The van der Waals surface area contributed by atoms with Crippen LogP contribution >= 0.6 is 35.0 Å². The zero-order chi connectivity index (χ0) is 23.3. The highest BCUT2D eigenvalue weighted by molar-refractivity contribution is 7.99. The Morgan fingerprint density at radius 1 is 1.25 bits per heavy atom. The molecule has 1 atom stereocenters. The van der Waals surface area contributed by atoms with Crippen LogP contribution in [-0.4, -0.2) is 26.4 Å². The minimum Gasteiger partial charge on any atom is -0.482 e. The third kappa shape index (κ3) is 6.06. The van der Waals surface area contributed by atoms with E-state index < -0.39 is 0 Å². The Morgan fingerprint density at radius 2 is 2.03 bits per heavy atom. The molecule has 0 aliphatic rings. The van der Waals surface area contributed by atoms with E-state index in [0.29, 0.717) is 33.3 Å². The van der Waals surface area contributed by atoms with E-state index in [1.165, 1.54) is 17.3 Å². The van der Waals surface area contributed by atoms with Crippen molar-refractivity contribution in [2.45, 2.75) is 38.6 Å². The molecule has 3 aromatic rings. The maximum atomic E-state index is 12.4. The molecule has 1 aromatic heterocycles. The molecular formula is C23H24Cl2N4O2S. The molecule has 3 rings (SSSR count). The normalized spacial score (nSPS) is 11.8. The highest BCUT2D eigenvalue weighted by Crippen LogP contribution is 2.28. The summed E-state index contributed by atoms with van der Waals surface area (Å²) in [4.78, 5) is 12.4. The number of anilines is 1. The van der Waals surface area contributed by atoms with Gasteiger partial charge in [0.15, 0.2) is 17.1 Å².